The van der Waals surface area contributed by atoms with Crippen LogP contribution in [0.3, 0.4) is 0 Å². The Bertz CT molecular complexity index is 1290. The van der Waals surface area contributed by atoms with Crippen LogP contribution in [-0.2, 0) is 11.0 Å². The molecule has 2 aromatic rings. The van der Waals surface area contributed by atoms with Gasteiger partial charge in [0.05, 0.1) is 40.3 Å². The fourth-order valence-electron chi connectivity index (χ4n) is 3.93. The van der Waals surface area contributed by atoms with E-state index in [0.717, 1.165) is 17.0 Å². The van der Waals surface area contributed by atoms with Crippen LogP contribution in [0.25, 0.3) is 0 Å². The second kappa shape index (κ2) is 8.63. The van der Waals surface area contributed by atoms with Gasteiger partial charge in [-0.25, -0.2) is 4.98 Å². The summed E-state index contributed by atoms with van der Waals surface area (Å²) in [6.07, 6.45) is -3.57. The van der Waals surface area contributed by atoms with Crippen LogP contribution in [0.2, 0.25) is 0 Å². The number of halogens is 3. The molecule has 0 spiro atoms. The monoisotopic (exact) mass is 518 g/mol. The van der Waals surface area contributed by atoms with Gasteiger partial charge in [-0.2, -0.15) is 18.4 Å². The number of nitriles is 1. The molecule has 2 aliphatic rings. The van der Waals surface area contributed by atoms with Crippen molar-refractivity contribution < 1.29 is 32.6 Å². The van der Waals surface area contributed by atoms with Gasteiger partial charge in [-0.15, -0.1) is 0 Å². The van der Waals surface area contributed by atoms with Crippen molar-refractivity contribution in [3.05, 3.63) is 47.7 Å². The molecule has 13 heteroatoms. The van der Waals surface area contributed by atoms with E-state index in [4.69, 9.17) is 22.2 Å². The van der Waals surface area contributed by atoms with Gasteiger partial charge in [0.15, 0.2) is 5.11 Å². The zero-order valence-electron chi connectivity index (χ0n) is 19.0. The third-order valence-electron chi connectivity index (χ3n) is 6.05. The molecule has 2 heterocycles. The van der Waals surface area contributed by atoms with Gasteiger partial charge in [0.2, 0.25) is 5.88 Å². The van der Waals surface area contributed by atoms with Crippen molar-refractivity contribution >= 4 is 40.7 Å². The summed E-state index contributed by atoms with van der Waals surface area (Å²) in [4.78, 5) is 30.7. The zero-order valence-corrected chi connectivity index (χ0v) is 19.9. The first kappa shape index (κ1) is 25.2. The summed E-state index contributed by atoms with van der Waals surface area (Å²) >= 11 is 5.49. The Morgan fingerprint density at radius 2 is 1.94 bits per heavy atom. The average Bonchev–Trinajstić information content (AvgIpc) is 3.53. The molecule has 4 rings (SSSR count). The molecule has 188 valence electrons. The number of hydrogen-bond acceptors (Lipinski definition) is 7. The number of thiocarbonyl (C=S) groups is 1. The van der Waals surface area contributed by atoms with Crippen molar-refractivity contribution in [1.29, 1.82) is 5.26 Å². The number of aromatic nitrogens is 1. The van der Waals surface area contributed by atoms with Gasteiger partial charge in [0, 0.05) is 6.07 Å². The van der Waals surface area contributed by atoms with Crippen molar-refractivity contribution in [3.63, 3.8) is 0 Å². The van der Waals surface area contributed by atoms with E-state index in [2.05, 4.69) is 10.3 Å². The van der Waals surface area contributed by atoms with Crippen molar-refractivity contribution in [2.24, 2.45) is 0 Å². The van der Waals surface area contributed by atoms with Crippen molar-refractivity contribution in [2.75, 3.05) is 16.4 Å². The van der Waals surface area contributed by atoms with Gasteiger partial charge in [0.25, 0.3) is 5.91 Å². The van der Waals surface area contributed by atoms with E-state index in [-0.39, 0.29) is 23.3 Å². The Hall–Kier alpha value is -3.92. The zero-order chi connectivity index (χ0) is 26.5. The molecule has 0 atom stereocenters. The molecule has 0 unspecified atom stereocenters. The summed E-state index contributed by atoms with van der Waals surface area (Å²) in [6.45, 7) is 3.21. The van der Waals surface area contributed by atoms with Crippen LogP contribution in [0.15, 0.2) is 36.5 Å². The molecule has 1 aromatic heterocycles. The SMILES string of the molecule is CC1(C)C(=O)N(c2ccc(C#N)c(C(F)(F)F)c2)C(=S)N1c1ccc(OCC2(NC(=O)[O-])CC2)nc1. The number of anilines is 2. The predicted molar refractivity (Wildman–Crippen MR) is 123 cm³/mol. The third-order valence-corrected chi connectivity index (χ3v) is 6.42. The summed E-state index contributed by atoms with van der Waals surface area (Å²) in [5, 5.41) is 22.1. The maximum absolute atomic E-state index is 13.5. The van der Waals surface area contributed by atoms with Crippen LogP contribution in [0.1, 0.15) is 37.8 Å². The molecule has 36 heavy (non-hydrogen) atoms. The van der Waals surface area contributed by atoms with E-state index in [1.165, 1.54) is 29.3 Å². The van der Waals surface area contributed by atoms with Gasteiger partial charge < -0.3 is 24.9 Å². The molecule has 0 bridgehead atoms. The van der Waals surface area contributed by atoms with Gasteiger partial charge in [-0.3, -0.25) is 9.69 Å². The van der Waals surface area contributed by atoms with E-state index < -0.39 is 40.4 Å². The molecule has 0 radical (unpaired) electrons. The lowest BCUT2D eigenvalue weighted by atomic mass is 10.0. The molecule has 9 nitrogen and oxygen atoms in total. The first-order chi connectivity index (χ1) is 16.8. The number of pyridine rings is 1. The normalized spacial score (nSPS) is 18.1. The van der Waals surface area contributed by atoms with Crippen LogP contribution in [0.5, 0.6) is 5.88 Å². The van der Waals surface area contributed by atoms with Gasteiger partial charge in [-0.05, 0) is 63.2 Å². The number of rotatable bonds is 6. The molecule has 1 N–H and O–H groups in total. The largest absolute Gasteiger partial charge is 0.530 e. The molecular formula is C23H19F3N5O4S-. The number of amides is 2. The lowest BCUT2D eigenvalue weighted by Crippen LogP contribution is -2.47. The number of ether oxygens (including phenoxy) is 1. The number of carboxylic acid groups (broad SMARTS) is 1. The Morgan fingerprint density at radius 3 is 2.47 bits per heavy atom. The minimum atomic E-state index is -4.80. The van der Waals surface area contributed by atoms with E-state index in [0.29, 0.717) is 18.5 Å². The van der Waals surface area contributed by atoms with Crippen molar-refractivity contribution in [2.45, 2.75) is 43.9 Å². The van der Waals surface area contributed by atoms with Crippen molar-refractivity contribution in [3.8, 4) is 11.9 Å². The molecule has 2 amide bonds. The molecule has 1 saturated carbocycles. The number of nitrogens with zero attached hydrogens (tertiary/aromatic N) is 4. The van der Waals surface area contributed by atoms with Crippen molar-refractivity contribution in [1.82, 2.24) is 10.3 Å². The van der Waals surface area contributed by atoms with E-state index in [1.54, 1.807) is 19.9 Å². The first-order valence-electron chi connectivity index (χ1n) is 10.7. The highest BCUT2D eigenvalue weighted by atomic mass is 32.1. The molecule has 1 aliphatic carbocycles. The summed E-state index contributed by atoms with van der Waals surface area (Å²) in [5.41, 5.74) is -3.41. The Balaban J connectivity index is 1.58. The maximum Gasteiger partial charge on any atom is 0.417 e. The van der Waals surface area contributed by atoms with Crippen LogP contribution < -0.4 is 25.0 Å². The number of benzene rings is 1. The fraction of sp³-hybridized carbons (Fsp3) is 0.348. The number of nitrogens with one attached hydrogen (secondary N) is 1. The summed E-state index contributed by atoms with van der Waals surface area (Å²) in [7, 11) is 0. The fourth-order valence-corrected chi connectivity index (χ4v) is 4.46. The summed E-state index contributed by atoms with van der Waals surface area (Å²) in [5.74, 6) is -0.354. The maximum atomic E-state index is 13.5. The Kier molecular flexibility index (Phi) is 6.04. The molecule has 1 aliphatic heterocycles. The van der Waals surface area contributed by atoms with Gasteiger partial charge >= 0.3 is 6.18 Å². The Morgan fingerprint density at radius 1 is 1.28 bits per heavy atom. The van der Waals surface area contributed by atoms with Gasteiger partial charge in [0.1, 0.15) is 18.2 Å². The lowest BCUT2D eigenvalue weighted by Gasteiger charge is -2.29. The van der Waals surface area contributed by atoms with Gasteiger partial charge in [-0.1, -0.05) is 0 Å². The highest BCUT2D eigenvalue weighted by molar-refractivity contribution is 7.81. The van der Waals surface area contributed by atoms with E-state index in [1.807, 2.05) is 0 Å². The van der Waals surface area contributed by atoms with E-state index in [9.17, 15) is 27.9 Å². The predicted octanol–water partition coefficient (Wildman–Crippen LogP) is 2.73. The summed E-state index contributed by atoms with van der Waals surface area (Å²) < 4.78 is 46.0. The second-order valence-corrected chi connectivity index (χ2v) is 9.36. The molecule has 2 fully saturated rings. The first-order valence-corrected chi connectivity index (χ1v) is 11.1. The molecule has 1 aromatic carbocycles. The Labute approximate surface area is 209 Å². The highest BCUT2D eigenvalue weighted by Gasteiger charge is 2.51. The number of carbonyl (C=O) groups is 2. The van der Waals surface area contributed by atoms with Crippen LogP contribution in [-0.4, -0.2) is 39.8 Å². The lowest BCUT2D eigenvalue weighted by molar-refractivity contribution is -0.252. The minimum Gasteiger partial charge on any atom is -0.530 e. The number of alkyl halides is 3. The average molecular weight is 518 g/mol. The number of hydrogen-bond donors (Lipinski definition) is 1. The van der Waals surface area contributed by atoms with Crippen LogP contribution in [0, 0.1) is 11.3 Å². The number of carbonyl (C=O) groups excluding carboxylic acids is 2. The third kappa shape index (κ3) is 4.51. The second-order valence-electron chi connectivity index (χ2n) is 8.99. The topological polar surface area (TPSA) is 122 Å². The molecular weight excluding hydrogens is 499 g/mol. The summed E-state index contributed by atoms with van der Waals surface area (Å²) in [6, 6.07) is 7.57. The van der Waals surface area contributed by atoms with E-state index >= 15 is 0 Å². The molecule has 1 saturated heterocycles. The van der Waals surface area contributed by atoms with Crippen LogP contribution >= 0.6 is 12.2 Å². The minimum absolute atomic E-state index is 0.0617. The highest BCUT2D eigenvalue weighted by Crippen LogP contribution is 2.40. The standard InChI is InChI=1S/C23H20F3N5O4S/c1-21(2)18(32)30(14-4-3-13(10-27)16(9-14)23(24,25)26)20(36)31(21)15-5-6-17(28-11-15)35-12-22(7-8-22)29-19(33)34/h3-6,9,11,29H,7-8,12H2,1-2H3,(H,33,34)/p-1. The smallest absolute Gasteiger partial charge is 0.417 e. The quantitative estimate of drug-likeness (QED) is 0.580. The van der Waals surface area contributed by atoms with Crippen LogP contribution in [0.4, 0.5) is 29.3 Å².